The fraction of sp³-hybridized carbons (Fsp3) is 0.250. The van der Waals surface area contributed by atoms with E-state index in [9.17, 15) is 14.7 Å². The van der Waals surface area contributed by atoms with E-state index in [1.165, 1.54) is 19.0 Å². The van der Waals surface area contributed by atoms with Crippen molar-refractivity contribution in [3.8, 4) is 0 Å². The molecular formula is C24H26N4O3. The van der Waals surface area contributed by atoms with Crippen molar-refractivity contribution in [2.45, 2.75) is 18.9 Å². The topological polar surface area (TPSA) is 97.5 Å². The molecule has 0 radical (unpaired) electrons. The van der Waals surface area contributed by atoms with Crippen LogP contribution in [-0.4, -0.2) is 35.6 Å². The molecule has 160 valence electrons. The number of aliphatic hydroxyl groups excluding tert-OH is 1. The van der Waals surface area contributed by atoms with Crippen molar-refractivity contribution >= 4 is 23.0 Å². The monoisotopic (exact) mass is 418 g/mol. The molecule has 4 N–H and O–H groups in total. The molecule has 2 heterocycles. The normalized spacial score (nSPS) is 14.3. The molecule has 1 saturated heterocycles. The van der Waals surface area contributed by atoms with Gasteiger partial charge in [-0.2, -0.15) is 0 Å². The van der Waals surface area contributed by atoms with Gasteiger partial charge >= 0.3 is 0 Å². The van der Waals surface area contributed by atoms with Crippen LogP contribution in [0.4, 0.5) is 17.1 Å². The number of benzene rings is 2. The van der Waals surface area contributed by atoms with Crippen LogP contribution in [0, 0.1) is 0 Å². The number of aromatic amines is 1. The highest BCUT2D eigenvalue weighted by Crippen LogP contribution is 2.24. The molecule has 7 heteroatoms. The summed E-state index contributed by atoms with van der Waals surface area (Å²) in [4.78, 5) is 30.2. The number of aromatic nitrogens is 1. The average Bonchev–Trinajstić information content (AvgIpc) is 3.33. The van der Waals surface area contributed by atoms with Gasteiger partial charge in [0.2, 0.25) is 0 Å². The predicted octanol–water partition coefficient (Wildman–Crippen LogP) is 3.37. The number of carbonyl (C=O) groups is 1. The van der Waals surface area contributed by atoms with Crippen LogP contribution in [0.3, 0.4) is 0 Å². The lowest BCUT2D eigenvalue weighted by molar-refractivity contribution is 0.102. The van der Waals surface area contributed by atoms with Crippen LogP contribution in [0.1, 0.15) is 34.9 Å². The number of nitrogens with zero attached hydrogens (tertiary/aromatic N) is 1. The maximum Gasteiger partial charge on any atom is 0.263 e. The van der Waals surface area contributed by atoms with Crippen LogP contribution in [-0.2, 0) is 0 Å². The van der Waals surface area contributed by atoms with Gasteiger partial charge in [-0.3, -0.25) is 9.59 Å². The molecule has 1 atom stereocenters. The minimum absolute atomic E-state index is 0.0191. The van der Waals surface area contributed by atoms with E-state index in [2.05, 4.69) is 20.5 Å². The summed E-state index contributed by atoms with van der Waals surface area (Å²) >= 11 is 0. The quantitative estimate of drug-likeness (QED) is 0.472. The van der Waals surface area contributed by atoms with Gasteiger partial charge < -0.3 is 25.6 Å². The van der Waals surface area contributed by atoms with Crippen LogP contribution in [0.25, 0.3) is 0 Å². The highest BCUT2D eigenvalue weighted by Gasteiger charge is 2.18. The lowest BCUT2D eigenvalue weighted by Gasteiger charge is -2.19. The van der Waals surface area contributed by atoms with Crippen LogP contribution in [0.5, 0.6) is 0 Å². The van der Waals surface area contributed by atoms with E-state index in [0.29, 0.717) is 11.4 Å². The number of nitrogens with one attached hydrogen (secondary N) is 3. The van der Waals surface area contributed by atoms with Crippen LogP contribution in [0.2, 0.25) is 0 Å². The summed E-state index contributed by atoms with van der Waals surface area (Å²) in [7, 11) is 0. The van der Waals surface area contributed by atoms with E-state index in [4.69, 9.17) is 0 Å². The second kappa shape index (κ2) is 9.49. The zero-order chi connectivity index (χ0) is 21.6. The Bertz CT molecular complexity index is 1090. The van der Waals surface area contributed by atoms with E-state index in [1.54, 1.807) is 12.1 Å². The first-order valence-corrected chi connectivity index (χ1v) is 10.5. The molecule has 0 saturated carbocycles. The van der Waals surface area contributed by atoms with Crippen molar-refractivity contribution in [1.82, 2.24) is 4.98 Å². The molecular weight excluding hydrogens is 392 g/mol. The van der Waals surface area contributed by atoms with E-state index in [-0.39, 0.29) is 12.1 Å². The third-order valence-electron chi connectivity index (χ3n) is 5.43. The second-order valence-electron chi connectivity index (χ2n) is 7.60. The first-order valence-electron chi connectivity index (χ1n) is 10.5. The zero-order valence-electron chi connectivity index (χ0n) is 17.2. The van der Waals surface area contributed by atoms with Crippen molar-refractivity contribution in [2.24, 2.45) is 0 Å². The molecule has 1 aromatic heterocycles. The zero-order valence-corrected chi connectivity index (χ0v) is 17.2. The number of carbonyl (C=O) groups excluding carboxylic acids is 1. The Morgan fingerprint density at radius 1 is 1.06 bits per heavy atom. The maximum atomic E-state index is 13.0. The van der Waals surface area contributed by atoms with Gasteiger partial charge in [-0.15, -0.1) is 0 Å². The first-order chi connectivity index (χ1) is 15.1. The number of amides is 1. The third kappa shape index (κ3) is 4.95. The molecule has 1 aliphatic rings. The number of rotatable bonds is 7. The number of pyridine rings is 1. The van der Waals surface area contributed by atoms with Crippen molar-refractivity contribution < 1.29 is 9.90 Å². The maximum absolute atomic E-state index is 13.0. The summed E-state index contributed by atoms with van der Waals surface area (Å²) < 4.78 is 0. The summed E-state index contributed by atoms with van der Waals surface area (Å²) in [6.07, 6.45) is 3.04. The Balaban J connectivity index is 1.49. The number of anilines is 3. The molecule has 0 unspecified atom stereocenters. The Morgan fingerprint density at radius 2 is 1.84 bits per heavy atom. The van der Waals surface area contributed by atoms with Crippen molar-refractivity contribution in [1.29, 1.82) is 0 Å². The molecule has 0 spiro atoms. The summed E-state index contributed by atoms with van der Waals surface area (Å²) in [5, 5.41) is 16.3. The minimum atomic E-state index is -0.770. The van der Waals surface area contributed by atoms with Crippen LogP contribution >= 0.6 is 0 Å². The van der Waals surface area contributed by atoms with E-state index in [0.717, 1.165) is 24.3 Å². The fourth-order valence-corrected chi connectivity index (χ4v) is 3.80. The molecule has 1 amide bonds. The van der Waals surface area contributed by atoms with Gasteiger partial charge in [0.15, 0.2) is 0 Å². The van der Waals surface area contributed by atoms with Gasteiger partial charge in [-0.05, 0) is 42.7 Å². The van der Waals surface area contributed by atoms with E-state index >= 15 is 0 Å². The molecule has 7 nitrogen and oxygen atoms in total. The minimum Gasteiger partial charge on any atom is -0.387 e. The van der Waals surface area contributed by atoms with Gasteiger partial charge in [0, 0.05) is 37.2 Å². The molecule has 31 heavy (non-hydrogen) atoms. The molecule has 2 aromatic carbocycles. The molecule has 0 aliphatic carbocycles. The summed E-state index contributed by atoms with van der Waals surface area (Å²) in [5.74, 6) is -0.503. The lowest BCUT2D eigenvalue weighted by Crippen LogP contribution is -2.26. The number of aliphatic hydroxyl groups is 1. The molecule has 4 rings (SSSR count). The Labute approximate surface area is 180 Å². The van der Waals surface area contributed by atoms with Crippen molar-refractivity contribution in [3.63, 3.8) is 0 Å². The van der Waals surface area contributed by atoms with Crippen LogP contribution in [0.15, 0.2) is 71.7 Å². The van der Waals surface area contributed by atoms with E-state index in [1.807, 2.05) is 48.5 Å². The fourth-order valence-electron chi connectivity index (χ4n) is 3.80. The highest BCUT2D eigenvalue weighted by molar-refractivity contribution is 6.07. The molecule has 1 fully saturated rings. The highest BCUT2D eigenvalue weighted by atomic mass is 16.3. The molecule has 1 aliphatic heterocycles. The predicted molar refractivity (Wildman–Crippen MR) is 123 cm³/mol. The van der Waals surface area contributed by atoms with Crippen LogP contribution < -0.4 is 21.1 Å². The Morgan fingerprint density at radius 3 is 2.61 bits per heavy atom. The first kappa shape index (κ1) is 20.7. The number of hydrogen-bond donors (Lipinski definition) is 4. The SMILES string of the molecule is O=C(Nc1cccc(N2CCCC2)c1)c1c(NC[C@@H](O)c2ccccc2)cc[nH]c1=O. The summed E-state index contributed by atoms with van der Waals surface area (Å²) in [5.41, 5.74) is 2.30. The largest absolute Gasteiger partial charge is 0.387 e. The third-order valence-corrected chi connectivity index (χ3v) is 5.43. The molecule has 0 bridgehead atoms. The van der Waals surface area contributed by atoms with Gasteiger partial charge in [-0.1, -0.05) is 36.4 Å². The molecule has 3 aromatic rings. The van der Waals surface area contributed by atoms with Crippen molar-refractivity contribution in [2.75, 3.05) is 35.2 Å². The van der Waals surface area contributed by atoms with Crippen molar-refractivity contribution in [3.05, 3.63) is 88.3 Å². The Hall–Kier alpha value is -3.58. The smallest absolute Gasteiger partial charge is 0.263 e. The van der Waals surface area contributed by atoms with E-state index < -0.39 is 17.6 Å². The summed E-state index contributed by atoms with van der Waals surface area (Å²) in [6, 6.07) is 18.5. The van der Waals surface area contributed by atoms with Gasteiger partial charge in [0.05, 0.1) is 11.8 Å². The number of H-pyrrole nitrogens is 1. The standard InChI is InChI=1S/C24H26N4O3/c29-21(17-7-2-1-3-8-17)16-26-20-11-12-25-23(30)22(20)24(31)27-18-9-6-10-19(15-18)28-13-4-5-14-28/h1-3,6-12,15,21,29H,4-5,13-14,16H2,(H,27,31)(H2,25,26,30)/t21-/m1/s1. The van der Waals surface area contributed by atoms with Gasteiger partial charge in [0.25, 0.3) is 11.5 Å². The average molecular weight is 418 g/mol. The van der Waals surface area contributed by atoms with Gasteiger partial charge in [0.1, 0.15) is 5.56 Å². The summed E-state index contributed by atoms with van der Waals surface area (Å²) in [6.45, 7) is 2.18. The number of hydrogen-bond acceptors (Lipinski definition) is 5. The lowest BCUT2D eigenvalue weighted by atomic mass is 10.1. The van der Waals surface area contributed by atoms with Gasteiger partial charge in [-0.25, -0.2) is 0 Å². The second-order valence-corrected chi connectivity index (χ2v) is 7.60. The Kier molecular flexibility index (Phi) is 6.33.